The highest BCUT2D eigenvalue weighted by Crippen LogP contribution is 2.66. The van der Waals surface area contributed by atoms with Crippen LogP contribution in [0.2, 0.25) is 0 Å². The number of benzene rings is 9. The van der Waals surface area contributed by atoms with Crippen LogP contribution in [-0.4, -0.2) is 0 Å². The Morgan fingerprint density at radius 3 is 1.57 bits per heavy atom. The summed E-state index contributed by atoms with van der Waals surface area (Å²) in [7, 11) is 0. The molecule has 0 heterocycles. The molecule has 3 aliphatic rings. The summed E-state index contributed by atoms with van der Waals surface area (Å²) in [4.78, 5) is 2.60. The van der Waals surface area contributed by atoms with Crippen molar-refractivity contribution in [2.75, 3.05) is 4.90 Å². The lowest BCUT2D eigenvalue weighted by Crippen LogP contribution is -2.27. The molecule has 0 aromatic heterocycles. The molecule has 12 rings (SSSR count). The number of nitrogens with zero attached hydrogens (tertiary/aromatic N) is 1. The number of hydrogen-bond donors (Lipinski definition) is 0. The van der Waals surface area contributed by atoms with E-state index < -0.39 is 5.41 Å². The van der Waals surface area contributed by atoms with Crippen LogP contribution in [0.15, 0.2) is 206 Å². The average Bonchev–Trinajstić information content (AvgIpc) is 3.88. The summed E-state index contributed by atoms with van der Waals surface area (Å²) in [5.41, 5.74) is 24.8. The molecular weight excluding hydrogens is 759 g/mol. The topological polar surface area (TPSA) is 3.24 Å². The quantitative estimate of drug-likeness (QED) is 0.167. The second-order valence-electron chi connectivity index (χ2n) is 19.3. The van der Waals surface area contributed by atoms with Crippen molar-refractivity contribution in [1.29, 1.82) is 0 Å². The Kier molecular flexibility index (Phi) is 8.13. The van der Waals surface area contributed by atoms with Gasteiger partial charge >= 0.3 is 0 Å². The largest absolute Gasteiger partial charge is 0.309 e. The molecule has 1 unspecified atom stereocenters. The molecule has 302 valence electrons. The van der Waals surface area contributed by atoms with Gasteiger partial charge in [0.2, 0.25) is 0 Å². The van der Waals surface area contributed by atoms with E-state index >= 15 is 0 Å². The first kappa shape index (κ1) is 37.5. The van der Waals surface area contributed by atoms with Gasteiger partial charge in [-0.3, -0.25) is 0 Å². The van der Waals surface area contributed by atoms with Crippen LogP contribution in [0.5, 0.6) is 0 Å². The van der Waals surface area contributed by atoms with Gasteiger partial charge in [-0.2, -0.15) is 0 Å². The Morgan fingerprint density at radius 2 is 0.873 bits per heavy atom. The van der Waals surface area contributed by atoms with E-state index in [1.165, 1.54) is 100 Å². The third-order valence-corrected chi connectivity index (χ3v) is 14.4. The SMILES string of the molecule is CC(C)(C)c1cc(N(c2ccc3c(c2)C(C)(C)c2ccccc2-3)c2ccccc2-c2ccccc2)c2c(c1)C1(c3ccccc3-c3ccc(-c4ccccc4)cc31)c1ccccc1-2. The fourth-order valence-corrected chi connectivity index (χ4v) is 11.4. The summed E-state index contributed by atoms with van der Waals surface area (Å²) in [5, 5.41) is 0. The lowest BCUT2D eigenvalue weighted by atomic mass is 9.69. The molecule has 0 bridgehead atoms. The maximum Gasteiger partial charge on any atom is 0.0726 e. The number of hydrogen-bond acceptors (Lipinski definition) is 1. The van der Waals surface area contributed by atoms with Crippen LogP contribution >= 0.6 is 0 Å². The zero-order valence-electron chi connectivity index (χ0n) is 36.6. The highest BCUT2D eigenvalue weighted by Gasteiger charge is 2.53. The molecule has 0 saturated heterocycles. The Balaban J connectivity index is 1.21. The Hall–Kier alpha value is -7.22. The van der Waals surface area contributed by atoms with Gasteiger partial charge in [0.25, 0.3) is 0 Å². The maximum atomic E-state index is 2.60. The van der Waals surface area contributed by atoms with E-state index in [9.17, 15) is 0 Å². The Morgan fingerprint density at radius 1 is 0.349 bits per heavy atom. The van der Waals surface area contributed by atoms with Crippen molar-refractivity contribution in [3.63, 3.8) is 0 Å². The van der Waals surface area contributed by atoms with Crippen molar-refractivity contribution in [3.05, 3.63) is 245 Å². The van der Waals surface area contributed by atoms with Gasteiger partial charge in [-0.25, -0.2) is 0 Å². The number of fused-ring (bicyclic) bond motifs is 13. The highest BCUT2D eigenvalue weighted by atomic mass is 15.1. The number of rotatable bonds is 5. The smallest absolute Gasteiger partial charge is 0.0726 e. The van der Waals surface area contributed by atoms with Gasteiger partial charge in [0.15, 0.2) is 0 Å². The molecule has 1 atom stereocenters. The molecule has 9 aromatic rings. The molecule has 0 saturated carbocycles. The van der Waals surface area contributed by atoms with Gasteiger partial charge in [-0.15, -0.1) is 0 Å². The first-order chi connectivity index (χ1) is 30.7. The van der Waals surface area contributed by atoms with E-state index in [1.807, 2.05) is 0 Å². The minimum absolute atomic E-state index is 0.154. The van der Waals surface area contributed by atoms with E-state index in [0.29, 0.717) is 0 Å². The summed E-state index contributed by atoms with van der Waals surface area (Å²) in [5.74, 6) is 0. The van der Waals surface area contributed by atoms with Crippen LogP contribution in [0, 0.1) is 0 Å². The molecule has 3 aliphatic carbocycles. The van der Waals surface area contributed by atoms with Crippen LogP contribution in [-0.2, 0) is 16.2 Å². The second-order valence-corrected chi connectivity index (χ2v) is 19.3. The minimum atomic E-state index is -0.537. The molecule has 0 N–H and O–H groups in total. The van der Waals surface area contributed by atoms with Gasteiger partial charge in [0.1, 0.15) is 0 Å². The van der Waals surface area contributed by atoms with Crippen molar-refractivity contribution in [2.24, 2.45) is 0 Å². The van der Waals surface area contributed by atoms with E-state index in [0.717, 1.165) is 11.4 Å². The molecule has 63 heavy (non-hydrogen) atoms. The van der Waals surface area contributed by atoms with Crippen LogP contribution in [0.1, 0.15) is 73.6 Å². The van der Waals surface area contributed by atoms with Crippen LogP contribution in [0.3, 0.4) is 0 Å². The molecule has 9 aromatic carbocycles. The third-order valence-electron chi connectivity index (χ3n) is 14.4. The van der Waals surface area contributed by atoms with E-state index in [1.54, 1.807) is 0 Å². The predicted octanol–water partition coefficient (Wildman–Crippen LogP) is 16.4. The first-order valence-electron chi connectivity index (χ1n) is 22.4. The molecular formula is C62H49N. The van der Waals surface area contributed by atoms with Gasteiger partial charge in [0.05, 0.1) is 16.8 Å². The molecule has 0 amide bonds. The fraction of sp³-hybridized carbons (Fsp3) is 0.129. The zero-order chi connectivity index (χ0) is 42.7. The summed E-state index contributed by atoms with van der Waals surface area (Å²) >= 11 is 0. The lowest BCUT2D eigenvalue weighted by Gasteiger charge is -2.35. The van der Waals surface area contributed by atoms with Gasteiger partial charge in [-0.1, -0.05) is 211 Å². The van der Waals surface area contributed by atoms with Crippen LogP contribution in [0.4, 0.5) is 17.1 Å². The Bertz CT molecular complexity index is 3290. The van der Waals surface area contributed by atoms with E-state index in [4.69, 9.17) is 0 Å². The number of anilines is 3. The fourth-order valence-electron chi connectivity index (χ4n) is 11.4. The third kappa shape index (κ3) is 5.36. The van der Waals surface area contributed by atoms with Crippen LogP contribution < -0.4 is 4.90 Å². The van der Waals surface area contributed by atoms with Gasteiger partial charge < -0.3 is 4.90 Å². The molecule has 1 nitrogen and oxygen atoms in total. The standard InChI is InChI=1S/C62H49N/c1-60(2,3)43-37-56-59(50-27-14-18-30-53(50)62(56)52-29-17-13-26-47(52)49-34-32-42(36-55(49)62)40-20-8-6-9-21-40)58(38-43)63(57-31-19-15-24-45(57)41-22-10-7-11-23-41)44-33-35-48-46-25-12-16-28-51(46)61(4,5)54(48)39-44/h6-39H,1-5H3. The first-order valence-corrected chi connectivity index (χ1v) is 22.4. The van der Waals surface area contributed by atoms with Crippen LogP contribution in [0.25, 0.3) is 55.6 Å². The summed E-state index contributed by atoms with van der Waals surface area (Å²) in [6.07, 6.45) is 0. The van der Waals surface area contributed by atoms with Crippen molar-refractivity contribution in [3.8, 4) is 55.6 Å². The molecule has 0 aliphatic heterocycles. The average molecular weight is 808 g/mol. The van der Waals surface area contributed by atoms with E-state index in [-0.39, 0.29) is 10.8 Å². The highest BCUT2D eigenvalue weighted by molar-refractivity contribution is 6.03. The maximum absolute atomic E-state index is 2.60. The molecule has 1 spiro atoms. The van der Waals surface area contributed by atoms with Crippen molar-refractivity contribution in [2.45, 2.75) is 50.9 Å². The molecule has 1 heteroatoms. The predicted molar refractivity (Wildman–Crippen MR) is 265 cm³/mol. The van der Waals surface area contributed by atoms with Crippen molar-refractivity contribution in [1.82, 2.24) is 0 Å². The Labute approximate surface area is 372 Å². The summed E-state index contributed by atoms with van der Waals surface area (Å²) in [6.45, 7) is 11.9. The lowest BCUT2D eigenvalue weighted by molar-refractivity contribution is 0.588. The molecule has 0 radical (unpaired) electrons. The van der Waals surface area contributed by atoms with Gasteiger partial charge in [-0.05, 0) is 119 Å². The number of para-hydroxylation sites is 1. The van der Waals surface area contributed by atoms with Crippen molar-refractivity contribution >= 4 is 17.1 Å². The zero-order valence-corrected chi connectivity index (χ0v) is 36.6. The van der Waals surface area contributed by atoms with E-state index in [2.05, 4.69) is 246 Å². The summed E-state index contributed by atoms with van der Waals surface area (Å²) < 4.78 is 0. The second kappa shape index (κ2) is 13.6. The molecule has 0 fully saturated rings. The van der Waals surface area contributed by atoms with Gasteiger partial charge in [0, 0.05) is 22.2 Å². The van der Waals surface area contributed by atoms with Crippen molar-refractivity contribution < 1.29 is 0 Å². The minimum Gasteiger partial charge on any atom is -0.309 e. The monoisotopic (exact) mass is 807 g/mol. The summed E-state index contributed by atoms with van der Waals surface area (Å²) in [6, 6.07) is 77.8. The normalized spacial score (nSPS) is 15.9.